The first-order chi connectivity index (χ1) is 8.61. The van der Waals surface area contributed by atoms with Crippen molar-refractivity contribution in [1.82, 2.24) is 15.0 Å². The van der Waals surface area contributed by atoms with Crippen molar-refractivity contribution in [3.05, 3.63) is 51.6 Å². The second-order valence-corrected chi connectivity index (χ2v) is 3.62. The maximum atomic E-state index is 13.8. The Morgan fingerprint density at radius 3 is 2.89 bits per heavy atom. The number of rotatable bonds is 4. The zero-order chi connectivity index (χ0) is 13.1. The van der Waals surface area contributed by atoms with Crippen molar-refractivity contribution in [3.8, 4) is 0 Å². The Bertz CT molecular complexity index is 583. The maximum absolute atomic E-state index is 13.8. The lowest BCUT2D eigenvalue weighted by molar-refractivity contribution is -0.387. The number of aromatic nitrogens is 3. The van der Waals surface area contributed by atoms with Gasteiger partial charge in [-0.1, -0.05) is 17.3 Å². The van der Waals surface area contributed by atoms with Crippen molar-refractivity contribution >= 4 is 5.69 Å². The Morgan fingerprint density at radius 2 is 2.28 bits per heavy atom. The third-order valence-electron chi connectivity index (χ3n) is 2.38. The molecule has 1 heterocycles. The average molecular weight is 251 g/mol. The molecule has 0 amide bonds. The van der Waals surface area contributed by atoms with E-state index in [9.17, 15) is 14.5 Å². The van der Waals surface area contributed by atoms with Crippen molar-refractivity contribution in [2.45, 2.75) is 13.1 Å². The molecular formula is C10H10FN5O2. The standard InChI is InChI=1S/C10H10FN5O2/c11-10-7(2-1-3-9(10)16(17)18)5-15-6-8(4-12)13-14-15/h1-3,6H,4-5,12H2. The number of benzene rings is 1. The van der Waals surface area contributed by atoms with E-state index in [-0.39, 0.29) is 18.7 Å². The maximum Gasteiger partial charge on any atom is 0.305 e. The van der Waals surface area contributed by atoms with Gasteiger partial charge in [-0.15, -0.1) is 5.10 Å². The van der Waals surface area contributed by atoms with Crippen LogP contribution >= 0.6 is 0 Å². The lowest BCUT2D eigenvalue weighted by atomic mass is 10.2. The predicted molar refractivity (Wildman–Crippen MR) is 60.1 cm³/mol. The van der Waals surface area contributed by atoms with Gasteiger partial charge in [-0.25, -0.2) is 4.68 Å². The van der Waals surface area contributed by atoms with Gasteiger partial charge in [0.2, 0.25) is 5.82 Å². The van der Waals surface area contributed by atoms with Crippen LogP contribution in [0, 0.1) is 15.9 Å². The first kappa shape index (κ1) is 12.1. The van der Waals surface area contributed by atoms with Crippen LogP contribution in [0.1, 0.15) is 11.3 Å². The van der Waals surface area contributed by atoms with E-state index in [1.807, 2.05) is 0 Å². The van der Waals surface area contributed by atoms with E-state index in [0.717, 1.165) is 6.07 Å². The minimum atomic E-state index is -0.854. The number of nitro benzene ring substituents is 1. The first-order valence-electron chi connectivity index (χ1n) is 5.12. The van der Waals surface area contributed by atoms with E-state index in [0.29, 0.717) is 5.69 Å². The second kappa shape index (κ2) is 4.88. The highest BCUT2D eigenvalue weighted by Crippen LogP contribution is 2.20. The lowest BCUT2D eigenvalue weighted by Crippen LogP contribution is -2.04. The number of hydrogen-bond donors (Lipinski definition) is 1. The Labute approximate surface area is 101 Å². The molecule has 1 aromatic heterocycles. The SMILES string of the molecule is NCc1cn(Cc2cccc([N+](=O)[O-])c2F)nn1. The van der Waals surface area contributed by atoms with Crippen molar-refractivity contribution in [2.24, 2.45) is 5.73 Å². The van der Waals surface area contributed by atoms with Crippen molar-refractivity contribution < 1.29 is 9.31 Å². The summed E-state index contributed by atoms with van der Waals surface area (Å²) in [7, 11) is 0. The van der Waals surface area contributed by atoms with Crippen LogP contribution in [-0.2, 0) is 13.1 Å². The number of nitrogens with zero attached hydrogens (tertiary/aromatic N) is 4. The molecule has 0 bridgehead atoms. The quantitative estimate of drug-likeness (QED) is 0.640. The molecule has 2 aromatic rings. The molecule has 8 heteroatoms. The van der Waals surface area contributed by atoms with Gasteiger partial charge in [0.25, 0.3) is 0 Å². The van der Waals surface area contributed by atoms with Gasteiger partial charge < -0.3 is 5.73 Å². The lowest BCUT2D eigenvalue weighted by Gasteiger charge is -2.02. The second-order valence-electron chi connectivity index (χ2n) is 3.62. The molecule has 2 rings (SSSR count). The molecule has 0 fully saturated rings. The Morgan fingerprint density at radius 1 is 1.50 bits per heavy atom. The zero-order valence-electron chi connectivity index (χ0n) is 9.28. The molecule has 0 saturated heterocycles. The molecule has 0 radical (unpaired) electrons. The highest BCUT2D eigenvalue weighted by Gasteiger charge is 2.17. The molecule has 0 atom stereocenters. The number of nitrogens with two attached hydrogens (primary N) is 1. The smallest absolute Gasteiger partial charge is 0.305 e. The zero-order valence-corrected chi connectivity index (χ0v) is 9.28. The van der Waals surface area contributed by atoms with Crippen LogP contribution in [0.3, 0.4) is 0 Å². The monoisotopic (exact) mass is 251 g/mol. The summed E-state index contributed by atoms with van der Waals surface area (Å²) in [6.07, 6.45) is 1.57. The number of nitro groups is 1. The van der Waals surface area contributed by atoms with E-state index in [2.05, 4.69) is 10.3 Å². The summed E-state index contributed by atoms with van der Waals surface area (Å²) in [5.41, 5.74) is 5.57. The normalized spacial score (nSPS) is 10.6. The van der Waals surface area contributed by atoms with Crippen molar-refractivity contribution in [3.63, 3.8) is 0 Å². The van der Waals surface area contributed by atoms with Crippen LogP contribution in [0.15, 0.2) is 24.4 Å². The molecular weight excluding hydrogens is 241 g/mol. The Hall–Kier alpha value is -2.35. The van der Waals surface area contributed by atoms with Gasteiger partial charge in [0.15, 0.2) is 0 Å². The van der Waals surface area contributed by atoms with Gasteiger partial charge in [0.05, 0.1) is 23.4 Å². The van der Waals surface area contributed by atoms with E-state index >= 15 is 0 Å². The third kappa shape index (κ3) is 2.33. The molecule has 0 aliphatic heterocycles. The Balaban J connectivity index is 2.29. The fourth-order valence-electron chi connectivity index (χ4n) is 1.51. The van der Waals surface area contributed by atoms with Crippen LogP contribution in [0.4, 0.5) is 10.1 Å². The summed E-state index contributed by atoms with van der Waals surface area (Å²) in [6.45, 7) is 0.304. The summed E-state index contributed by atoms with van der Waals surface area (Å²) in [5.74, 6) is -0.854. The summed E-state index contributed by atoms with van der Waals surface area (Å²) >= 11 is 0. The topological polar surface area (TPSA) is 99.9 Å². The molecule has 0 aliphatic carbocycles. The summed E-state index contributed by atoms with van der Waals surface area (Å²) in [6, 6.07) is 4.01. The molecule has 0 saturated carbocycles. The van der Waals surface area contributed by atoms with Crippen LogP contribution in [0.5, 0.6) is 0 Å². The average Bonchev–Trinajstić information content (AvgIpc) is 2.79. The van der Waals surface area contributed by atoms with Crippen molar-refractivity contribution in [2.75, 3.05) is 0 Å². The van der Waals surface area contributed by atoms with Crippen LogP contribution in [0.25, 0.3) is 0 Å². The van der Waals surface area contributed by atoms with E-state index in [1.54, 1.807) is 6.20 Å². The molecule has 94 valence electrons. The summed E-state index contributed by atoms with van der Waals surface area (Å²) in [5, 5.41) is 18.1. The summed E-state index contributed by atoms with van der Waals surface area (Å²) in [4.78, 5) is 9.83. The first-order valence-corrected chi connectivity index (χ1v) is 5.12. The predicted octanol–water partition coefficient (Wildman–Crippen LogP) is 0.832. The molecule has 1 aromatic carbocycles. The molecule has 7 nitrogen and oxygen atoms in total. The van der Waals surface area contributed by atoms with Crippen molar-refractivity contribution in [1.29, 1.82) is 0 Å². The highest BCUT2D eigenvalue weighted by molar-refractivity contribution is 5.36. The van der Waals surface area contributed by atoms with E-state index in [4.69, 9.17) is 5.73 Å². The highest BCUT2D eigenvalue weighted by atomic mass is 19.1. The molecule has 0 aliphatic rings. The fraction of sp³-hybridized carbons (Fsp3) is 0.200. The minimum absolute atomic E-state index is 0.0700. The Kier molecular flexibility index (Phi) is 3.28. The number of halogens is 1. The van der Waals surface area contributed by atoms with Gasteiger partial charge in [-0.2, -0.15) is 4.39 Å². The van der Waals surface area contributed by atoms with Crippen LogP contribution in [-0.4, -0.2) is 19.9 Å². The summed E-state index contributed by atoms with van der Waals surface area (Å²) < 4.78 is 15.1. The van der Waals surface area contributed by atoms with Gasteiger partial charge in [-0.3, -0.25) is 10.1 Å². The van der Waals surface area contributed by atoms with Gasteiger partial charge in [0.1, 0.15) is 0 Å². The molecule has 2 N–H and O–H groups in total. The molecule has 0 unspecified atom stereocenters. The van der Waals surface area contributed by atoms with Crippen LogP contribution in [0.2, 0.25) is 0 Å². The van der Waals surface area contributed by atoms with E-state index < -0.39 is 16.4 Å². The van der Waals surface area contributed by atoms with E-state index in [1.165, 1.54) is 16.8 Å². The number of hydrogen-bond acceptors (Lipinski definition) is 5. The van der Waals surface area contributed by atoms with Gasteiger partial charge in [0, 0.05) is 18.2 Å². The third-order valence-corrected chi connectivity index (χ3v) is 2.38. The fourth-order valence-corrected chi connectivity index (χ4v) is 1.51. The van der Waals surface area contributed by atoms with Gasteiger partial charge in [-0.05, 0) is 0 Å². The van der Waals surface area contributed by atoms with Gasteiger partial charge >= 0.3 is 5.69 Å². The van der Waals surface area contributed by atoms with Crippen LogP contribution < -0.4 is 5.73 Å². The largest absolute Gasteiger partial charge is 0.325 e. The molecule has 0 spiro atoms. The molecule has 18 heavy (non-hydrogen) atoms. The minimum Gasteiger partial charge on any atom is -0.325 e.